The molecule has 0 unspecified atom stereocenters. The molecule has 0 bridgehead atoms. The Morgan fingerprint density at radius 1 is 1.12 bits per heavy atom. The standard InChI is InChI=1S/C20H23ClN2O2/c1-25-19-9-8-17(21)12-18(19)20(24)22-13-15-4-6-16(7-5-15)14-23-10-2-3-11-23/h4-9,12H,2-3,10-11,13-14H2,1H3,(H,22,24). The van der Waals surface area contributed by atoms with E-state index in [2.05, 4.69) is 34.5 Å². The van der Waals surface area contributed by atoms with Crippen molar-refractivity contribution in [3.05, 3.63) is 64.2 Å². The van der Waals surface area contributed by atoms with Crippen LogP contribution in [0.2, 0.25) is 5.02 Å². The molecule has 2 aromatic carbocycles. The highest BCUT2D eigenvalue weighted by Gasteiger charge is 2.13. The van der Waals surface area contributed by atoms with Gasteiger partial charge in [0.1, 0.15) is 5.75 Å². The molecular formula is C20H23ClN2O2. The van der Waals surface area contributed by atoms with Gasteiger partial charge in [-0.3, -0.25) is 9.69 Å². The molecular weight excluding hydrogens is 336 g/mol. The molecule has 4 nitrogen and oxygen atoms in total. The number of benzene rings is 2. The zero-order valence-electron chi connectivity index (χ0n) is 14.4. The Morgan fingerprint density at radius 2 is 1.80 bits per heavy atom. The zero-order valence-corrected chi connectivity index (χ0v) is 15.2. The Bertz CT molecular complexity index is 725. The molecule has 3 rings (SSSR count). The Labute approximate surface area is 153 Å². The fourth-order valence-electron chi connectivity index (χ4n) is 3.10. The number of halogens is 1. The van der Waals surface area contributed by atoms with Crippen molar-refractivity contribution in [1.29, 1.82) is 0 Å². The van der Waals surface area contributed by atoms with Gasteiger partial charge < -0.3 is 10.1 Å². The van der Waals surface area contributed by atoms with E-state index in [0.717, 1.165) is 12.1 Å². The minimum Gasteiger partial charge on any atom is -0.496 e. The molecule has 2 aromatic rings. The molecule has 1 heterocycles. The lowest BCUT2D eigenvalue weighted by Gasteiger charge is -2.15. The average Bonchev–Trinajstić information content (AvgIpc) is 3.14. The summed E-state index contributed by atoms with van der Waals surface area (Å²) in [5.41, 5.74) is 2.83. The predicted octanol–water partition coefficient (Wildman–Crippen LogP) is 3.87. The molecule has 0 atom stereocenters. The molecule has 5 heteroatoms. The molecule has 25 heavy (non-hydrogen) atoms. The first kappa shape index (κ1) is 17.8. The zero-order chi connectivity index (χ0) is 17.6. The summed E-state index contributed by atoms with van der Waals surface area (Å²) in [5, 5.41) is 3.43. The summed E-state index contributed by atoms with van der Waals surface area (Å²) in [5.74, 6) is 0.323. The topological polar surface area (TPSA) is 41.6 Å². The lowest BCUT2D eigenvalue weighted by atomic mass is 10.1. The number of methoxy groups -OCH3 is 1. The molecule has 1 aliphatic heterocycles. The van der Waals surface area contributed by atoms with E-state index in [-0.39, 0.29) is 5.91 Å². The molecule has 1 aliphatic rings. The van der Waals surface area contributed by atoms with Crippen LogP contribution in [0.4, 0.5) is 0 Å². The van der Waals surface area contributed by atoms with Crippen molar-refractivity contribution in [3.63, 3.8) is 0 Å². The van der Waals surface area contributed by atoms with E-state index in [0.29, 0.717) is 22.9 Å². The van der Waals surface area contributed by atoms with E-state index in [4.69, 9.17) is 16.3 Å². The van der Waals surface area contributed by atoms with Crippen LogP contribution in [0, 0.1) is 0 Å². The molecule has 0 aliphatic carbocycles. The van der Waals surface area contributed by atoms with E-state index < -0.39 is 0 Å². The summed E-state index contributed by atoms with van der Waals surface area (Å²) in [4.78, 5) is 14.9. The third-order valence-corrected chi connectivity index (χ3v) is 4.72. The predicted molar refractivity (Wildman–Crippen MR) is 100 cm³/mol. The highest BCUT2D eigenvalue weighted by atomic mass is 35.5. The molecule has 1 saturated heterocycles. The second-order valence-electron chi connectivity index (χ2n) is 6.33. The number of hydrogen-bond acceptors (Lipinski definition) is 3. The van der Waals surface area contributed by atoms with Crippen LogP contribution in [-0.2, 0) is 13.1 Å². The van der Waals surface area contributed by atoms with Gasteiger partial charge in [-0.1, -0.05) is 35.9 Å². The molecule has 0 spiro atoms. The maximum absolute atomic E-state index is 12.4. The number of nitrogens with zero attached hydrogens (tertiary/aromatic N) is 1. The number of hydrogen-bond donors (Lipinski definition) is 1. The Morgan fingerprint density at radius 3 is 2.48 bits per heavy atom. The van der Waals surface area contributed by atoms with Crippen LogP contribution in [0.3, 0.4) is 0 Å². The number of likely N-dealkylation sites (tertiary alicyclic amines) is 1. The number of rotatable bonds is 6. The van der Waals surface area contributed by atoms with Crippen LogP contribution in [0.5, 0.6) is 5.75 Å². The Balaban J connectivity index is 1.57. The minimum absolute atomic E-state index is 0.194. The van der Waals surface area contributed by atoms with Gasteiger partial charge in [0.05, 0.1) is 12.7 Å². The fraction of sp³-hybridized carbons (Fsp3) is 0.350. The second kappa shape index (κ2) is 8.37. The molecule has 1 fully saturated rings. The Hall–Kier alpha value is -2.04. The highest BCUT2D eigenvalue weighted by Crippen LogP contribution is 2.22. The molecule has 0 aromatic heterocycles. The first-order valence-electron chi connectivity index (χ1n) is 8.57. The van der Waals surface area contributed by atoms with Gasteiger partial charge in [-0.05, 0) is 55.3 Å². The molecule has 0 saturated carbocycles. The molecule has 1 N–H and O–H groups in total. The van der Waals surface area contributed by atoms with Gasteiger partial charge in [-0.25, -0.2) is 0 Å². The number of ether oxygens (including phenoxy) is 1. The lowest BCUT2D eigenvalue weighted by molar-refractivity contribution is 0.0948. The molecule has 132 valence electrons. The van der Waals surface area contributed by atoms with Gasteiger partial charge in [-0.2, -0.15) is 0 Å². The minimum atomic E-state index is -0.194. The van der Waals surface area contributed by atoms with E-state index in [1.165, 1.54) is 31.5 Å². The van der Waals surface area contributed by atoms with Crippen molar-refractivity contribution >= 4 is 17.5 Å². The van der Waals surface area contributed by atoms with Gasteiger partial charge >= 0.3 is 0 Å². The van der Waals surface area contributed by atoms with Gasteiger partial charge in [0.2, 0.25) is 0 Å². The summed E-state index contributed by atoms with van der Waals surface area (Å²) >= 11 is 5.98. The van der Waals surface area contributed by atoms with Gasteiger partial charge in [0, 0.05) is 18.1 Å². The van der Waals surface area contributed by atoms with Crippen LogP contribution >= 0.6 is 11.6 Å². The largest absolute Gasteiger partial charge is 0.496 e. The van der Waals surface area contributed by atoms with Gasteiger partial charge in [0.25, 0.3) is 5.91 Å². The first-order chi connectivity index (χ1) is 12.2. The second-order valence-corrected chi connectivity index (χ2v) is 6.76. The molecule has 1 amide bonds. The van der Waals surface area contributed by atoms with E-state index in [1.807, 2.05) is 0 Å². The number of carbonyl (C=O) groups is 1. The fourth-order valence-corrected chi connectivity index (χ4v) is 3.27. The summed E-state index contributed by atoms with van der Waals surface area (Å²) < 4.78 is 5.23. The van der Waals surface area contributed by atoms with Crippen LogP contribution in [0.1, 0.15) is 34.3 Å². The summed E-state index contributed by atoms with van der Waals surface area (Å²) in [7, 11) is 1.54. The van der Waals surface area contributed by atoms with Gasteiger partial charge in [0.15, 0.2) is 0 Å². The summed E-state index contributed by atoms with van der Waals surface area (Å²) in [6.07, 6.45) is 2.61. The molecule has 0 radical (unpaired) electrons. The summed E-state index contributed by atoms with van der Waals surface area (Å²) in [6, 6.07) is 13.4. The first-order valence-corrected chi connectivity index (χ1v) is 8.95. The van der Waals surface area contributed by atoms with E-state index in [9.17, 15) is 4.79 Å². The van der Waals surface area contributed by atoms with E-state index >= 15 is 0 Å². The van der Waals surface area contributed by atoms with Gasteiger partial charge in [-0.15, -0.1) is 0 Å². The third-order valence-electron chi connectivity index (χ3n) is 4.49. The number of amides is 1. The van der Waals surface area contributed by atoms with Crippen LogP contribution in [0.25, 0.3) is 0 Å². The SMILES string of the molecule is COc1ccc(Cl)cc1C(=O)NCc1ccc(CN2CCCC2)cc1. The smallest absolute Gasteiger partial charge is 0.255 e. The van der Waals surface area contributed by atoms with Crippen LogP contribution in [0.15, 0.2) is 42.5 Å². The van der Waals surface area contributed by atoms with Crippen molar-refractivity contribution in [1.82, 2.24) is 10.2 Å². The maximum atomic E-state index is 12.4. The average molecular weight is 359 g/mol. The van der Waals surface area contributed by atoms with Crippen molar-refractivity contribution < 1.29 is 9.53 Å². The summed E-state index contributed by atoms with van der Waals surface area (Å²) in [6.45, 7) is 3.86. The van der Waals surface area contributed by atoms with Crippen molar-refractivity contribution in [2.75, 3.05) is 20.2 Å². The highest BCUT2D eigenvalue weighted by molar-refractivity contribution is 6.31. The van der Waals surface area contributed by atoms with Crippen molar-refractivity contribution in [2.45, 2.75) is 25.9 Å². The monoisotopic (exact) mass is 358 g/mol. The van der Waals surface area contributed by atoms with Crippen LogP contribution in [-0.4, -0.2) is 31.0 Å². The van der Waals surface area contributed by atoms with Crippen LogP contribution < -0.4 is 10.1 Å². The normalized spacial score (nSPS) is 14.5. The number of carbonyl (C=O) groups excluding carboxylic acids is 1. The quantitative estimate of drug-likeness (QED) is 0.852. The van der Waals surface area contributed by atoms with Crippen molar-refractivity contribution in [2.24, 2.45) is 0 Å². The van der Waals surface area contributed by atoms with E-state index in [1.54, 1.807) is 25.3 Å². The maximum Gasteiger partial charge on any atom is 0.255 e. The lowest BCUT2D eigenvalue weighted by Crippen LogP contribution is -2.23. The van der Waals surface area contributed by atoms with Crippen molar-refractivity contribution in [3.8, 4) is 5.75 Å². The number of nitrogens with one attached hydrogen (secondary N) is 1. The third kappa shape index (κ3) is 4.74. The Kier molecular flexibility index (Phi) is 5.95.